The van der Waals surface area contributed by atoms with Crippen molar-refractivity contribution in [3.8, 4) is 22.3 Å². The van der Waals surface area contributed by atoms with Crippen LogP contribution in [0, 0.1) is 5.92 Å². The minimum absolute atomic E-state index is 0.142. The molecular weight excluding hydrogens is 448 g/mol. The summed E-state index contributed by atoms with van der Waals surface area (Å²) >= 11 is 1.13. The molecule has 0 N–H and O–H groups in total. The molecule has 4 rings (SSSR count). The minimum atomic E-state index is -0.650. The van der Waals surface area contributed by atoms with Gasteiger partial charge in [-0.15, -0.1) is 0 Å². The van der Waals surface area contributed by atoms with Crippen LogP contribution in [0.15, 0.2) is 18.2 Å². The van der Waals surface area contributed by atoms with Crippen molar-refractivity contribution < 1.29 is 38.0 Å². The molecule has 2 aromatic rings. The van der Waals surface area contributed by atoms with Crippen LogP contribution in [-0.4, -0.2) is 44.7 Å². The van der Waals surface area contributed by atoms with Gasteiger partial charge in [-0.25, -0.2) is 4.79 Å². The Balaban J connectivity index is 1.74. The van der Waals surface area contributed by atoms with Crippen LogP contribution in [-0.2, 0) is 20.6 Å². The van der Waals surface area contributed by atoms with E-state index in [1.165, 1.54) is 0 Å². The smallest absolute Gasteiger partial charge is 0.348 e. The Morgan fingerprint density at radius 3 is 2.61 bits per heavy atom. The fourth-order valence-corrected chi connectivity index (χ4v) is 5.21. The third-order valence-electron chi connectivity index (χ3n) is 5.51. The molecule has 178 valence electrons. The highest BCUT2D eigenvalue weighted by Gasteiger charge is 2.39. The Labute approximate surface area is 196 Å². The number of hydrogen-bond donors (Lipinski definition) is 0. The van der Waals surface area contributed by atoms with Crippen molar-refractivity contribution in [3.63, 3.8) is 0 Å². The molecule has 1 aliphatic heterocycles. The molecule has 0 radical (unpaired) electrons. The molecule has 1 aromatic heterocycles. The molecule has 0 spiro atoms. The number of carbonyl (C=O) groups is 2. The molecule has 2 aliphatic rings. The summed E-state index contributed by atoms with van der Waals surface area (Å²) in [5.74, 6) is 0.603. The molecule has 33 heavy (non-hydrogen) atoms. The van der Waals surface area contributed by atoms with Gasteiger partial charge in [-0.1, -0.05) is 11.3 Å². The Hall–Kier alpha value is -2.62. The van der Waals surface area contributed by atoms with Gasteiger partial charge in [-0.3, -0.25) is 4.79 Å². The van der Waals surface area contributed by atoms with Crippen molar-refractivity contribution in [3.05, 3.63) is 34.2 Å². The van der Waals surface area contributed by atoms with E-state index in [-0.39, 0.29) is 19.2 Å². The number of ether oxygens (including phenoxy) is 6. The standard InChI is InChI=1S/C24H28O8S/c1-4-27-22(26)21-15-8-7-9-16(23(28-5-2)29-6-3)20(25)19(15)24(33-21)32-14-10-11-17-18(12-14)31-13-30-17/h10-12,16,23H,4-9,13H2,1-3H3. The van der Waals surface area contributed by atoms with Crippen LogP contribution in [0.4, 0.5) is 0 Å². The van der Waals surface area contributed by atoms with Crippen molar-refractivity contribution in [2.45, 2.75) is 46.3 Å². The first-order valence-electron chi connectivity index (χ1n) is 11.2. The van der Waals surface area contributed by atoms with Gasteiger partial charge in [0.1, 0.15) is 10.6 Å². The lowest BCUT2D eigenvalue weighted by molar-refractivity contribution is -0.158. The lowest BCUT2D eigenvalue weighted by Gasteiger charge is -2.24. The van der Waals surface area contributed by atoms with Gasteiger partial charge in [0.2, 0.25) is 6.79 Å². The molecule has 8 nitrogen and oxygen atoms in total. The summed E-state index contributed by atoms with van der Waals surface area (Å²) in [4.78, 5) is 26.9. The third kappa shape index (κ3) is 4.85. The fraction of sp³-hybridized carbons (Fsp3) is 0.500. The van der Waals surface area contributed by atoms with Crippen molar-refractivity contribution in [2.75, 3.05) is 26.6 Å². The van der Waals surface area contributed by atoms with Crippen LogP contribution in [0.1, 0.15) is 59.2 Å². The molecule has 2 heterocycles. The lowest BCUT2D eigenvalue weighted by Crippen LogP contribution is -2.33. The van der Waals surface area contributed by atoms with Crippen molar-refractivity contribution in [1.29, 1.82) is 0 Å². The van der Waals surface area contributed by atoms with Crippen LogP contribution in [0.3, 0.4) is 0 Å². The normalized spacial score (nSPS) is 17.1. The number of carbonyl (C=O) groups excluding carboxylic acids is 2. The highest BCUT2D eigenvalue weighted by Crippen LogP contribution is 2.45. The van der Waals surface area contributed by atoms with E-state index in [4.69, 9.17) is 28.4 Å². The summed E-state index contributed by atoms with van der Waals surface area (Å²) in [7, 11) is 0. The summed E-state index contributed by atoms with van der Waals surface area (Å²) in [6, 6.07) is 5.20. The first-order valence-corrected chi connectivity index (χ1v) is 12.1. The topological polar surface area (TPSA) is 89.5 Å². The maximum atomic E-state index is 13.8. The Morgan fingerprint density at radius 2 is 1.88 bits per heavy atom. The molecule has 0 fully saturated rings. The first-order chi connectivity index (χ1) is 16.1. The third-order valence-corrected chi connectivity index (χ3v) is 6.60. The van der Waals surface area contributed by atoms with Gasteiger partial charge in [0.25, 0.3) is 0 Å². The van der Waals surface area contributed by atoms with Gasteiger partial charge in [0.15, 0.2) is 28.6 Å². The van der Waals surface area contributed by atoms with Crippen molar-refractivity contribution >= 4 is 23.1 Å². The van der Waals surface area contributed by atoms with E-state index in [2.05, 4.69) is 0 Å². The molecule has 1 aliphatic carbocycles. The van der Waals surface area contributed by atoms with Gasteiger partial charge in [0.05, 0.1) is 18.1 Å². The van der Waals surface area contributed by atoms with E-state index in [1.807, 2.05) is 13.8 Å². The fourth-order valence-electron chi connectivity index (χ4n) is 4.09. The molecule has 0 bridgehead atoms. The minimum Gasteiger partial charge on any atom is -0.462 e. The summed E-state index contributed by atoms with van der Waals surface area (Å²) in [6.45, 7) is 6.75. The Morgan fingerprint density at radius 1 is 1.12 bits per heavy atom. The summed E-state index contributed by atoms with van der Waals surface area (Å²) < 4.78 is 33.7. The number of fused-ring (bicyclic) bond motifs is 2. The van der Waals surface area contributed by atoms with Crippen LogP contribution in [0.5, 0.6) is 22.3 Å². The summed E-state index contributed by atoms with van der Waals surface area (Å²) in [5, 5.41) is 0.357. The second-order valence-electron chi connectivity index (χ2n) is 7.55. The van der Waals surface area contributed by atoms with Gasteiger partial charge in [0, 0.05) is 19.3 Å². The molecule has 0 saturated heterocycles. The highest BCUT2D eigenvalue weighted by molar-refractivity contribution is 7.16. The Kier molecular flexibility index (Phi) is 7.52. The molecule has 1 atom stereocenters. The van der Waals surface area contributed by atoms with E-state index in [9.17, 15) is 9.59 Å². The molecular formula is C24H28O8S. The van der Waals surface area contributed by atoms with Crippen molar-refractivity contribution in [1.82, 2.24) is 0 Å². The van der Waals surface area contributed by atoms with Crippen LogP contribution in [0.25, 0.3) is 0 Å². The van der Waals surface area contributed by atoms with Crippen LogP contribution < -0.4 is 14.2 Å². The lowest BCUT2D eigenvalue weighted by atomic mass is 9.95. The summed E-state index contributed by atoms with van der Waals surface area (Å²) in [5.41, 5.74) is 1.08. The van der Waals surface area contributed by atoms with E-state index in [1.54, 1.807) is 25.1 Å². The average molecular weight is 477 g/mol. The van der Waals surface area contributed by atoms with Crippen molar-refractivity contribution in [2.24, 2.45) is 5.92 Å². The summed E-state index contributed by atoms with van der Waals surface area (Å²) in [6.07, 6.45) is 1.22. The van der Waals surface area contributed by atoms with Crippen LogP contribution >= 0.6 is 11.3 Å². The monoisotopic (exact) mass is 476 g/mol. The number of thiophene rings is 1. The molecule has 0 amide bonds. The average Bonchev–Trinajstić information content (AvgIpc) is 3.36. The maximum absolute atomic E-state index is 13.8. The van der Waals surface area contributed by atoms with E-state index in [0.717, 1.165) is 11.3 Å². The SMILES string of the molecule is CCOC(=O)c1sc(Oc2ccc3c(c2)OCO3)c2c1CCCC(C(OCC)OCC)C2=O. The number of hydrogen-bond acceptors (Lipinski definition) is 9. The highest BCUT2D eigenvalue weighted by atomic mass is 32.1. The number of benzene rings is 1. The predicted molar refractivity (Wildman–Crippen MR) is 121 cm³/mol. The molecule has 1 aromatic carbocycles. The zero-order valence-corrected chi connectivity index (χ0v) is 19.8. The van der Waals surface area contributed by atoms with Gasteiger partial charge in [-0.2, -0.15) is 0 Å². The number of esters is 1. The maximum Gasteiger partial charge on any atom is 0.348 e. The van der Waals surface area contributed by atoms with Crippen LogP contribution in [0.2, 0.25) is 0 Å². The zero-order valence-electron chi connectivity index (χ0n) is 19.0. The number of Topliss-reactive ketones (excluding diaryl/α,β-unsaturated/α-hetero) is 1. The molecule has 0 saturated carbocycles. The second kappa shape index (κ2) is 10.5. The van der Waals surface area contributed by atoms with E-state index in [0.29, 0.717) is 70.8 Å². The van der Waals surface area contributed by atoms with Gasteiger partial charge >= 0.3 is 5.97 Å². The number of ketones is 1. The van der Waals surface area contributed by atoms with E-state index < -0.39 is 18.2 Å². The predicted octanol–water partition coefficient (Wildman–Crippen LogP) is 4.98. The molecule has 1 unspecified atom stereocenters. The zero-order chi connectivity index (χ0) is 23.4. The van der Waals surface area contributed by atoms with Gasteiger partial charge < -0.3 is 28.4 Å². The largest absolute Gasteiger partial charge is 0.462 e. The van der Waals surface area contributed by atoms with E-state index >= 15 is 0 Å². The quantitative estimate of drug-likeness (QED) is 0.284. The second-order valence-corrected chi connectivity index (χ2v) is 8.54. The molecule has 9 heteroatoms. The number of rotatable bonds is 9. The van der Waals surface area contributed by atoms with Gasteiger partial charge in [-0.05, 0) is 57.7 Å². The first kappa shape index (κ1) is 23.5. The Bertz CT molecular complexity index is 1010.